The predicted octanol–water partition coefficient (Wildman–Crippen LogP) is 2.82. The van der Waals surface area contributed by atoms with Gasteiger partial charge in [0.25, 0.3) is 5.91 Å². The molecule has 0 saturated carbocycles. The van der Waals surface area contributed by atoms with Crippen LogP contribution in [-0.4, -0.2) is 60.3 Å². The molecule has 27 heavy (non-hydrogen) atoms. The highest BCUT2D eigenvalue weighted by Crippen LogP contribution is 2.20. The number of aromatic nitrogens is 2. The number of carbonyl (C=O) groups excluding carboxylic acids is 1. The number of piperazine rings is 1. The Morgan fingerprint density at radius 2 is 1.22 bits per heavy atom. The summed E-state index contributed by atoms with van der Waals surface area (Å²) < 4.78 is 0. The van der Waals surface area contributed by atoms with E-state index in [1.165, 1.54) is 25.7 Å². The molecule has 1 amide bonds. The molecule has 4 rings (SSSR count). The van der Waals surface area contributed by atoms with Crippen LogP contribution in [0.2, 0.25) is 0 Å². The molecule has 0 radical (unpaired) electrons. The quantitative estimate of drug-likeness (QED) is 0.837. The van der Waals surface area contributed by atoms with Gasteiger partial charge in [-0.3, -0.25) is 4.79 Å². The predicted molar refractivity (Wildman–Crippen MR) is 107 cm³/mol. The van der Waals surface area contributed by atoms with E-state index in [1.54, 1.807) is 0 Å². The molecular formula is C21H27N5O. The molecule has 0 bridgehead atoms. The molecule has 3 heterocycles. The second kappa shape index (κ2) is 8.37. The van der Waals surface area contributed by atoms with Crippen molar-refractivity contribution in [3.8, 4) is 0 Å². The molecule has 6 nitrogen and oxygen atoms in total. The van der Waals surface area contributed by atoms with Crippen molar-refractivity contribution in [3.63, 3.8) is 0 Å². The van der Waals surface area contributed by atoms with E-state index >= 15 is 0 Å². The standard InChI is InChI=1S/C21H27N5O/c27-21(18-8-4-3-5-9-18)26-16-14-25(15-17-26)20-11-10-19(22-23-20)24-12-6-1-2-7-13-24/h3-5,8-11H,1-2,6-7,12-17H2. The molecule has 2 aromatic rings. The number of rotatable bonds is 3. The molecule has 0 spiro atoms. The lowest BCUT2D eigenvalue weighted by Crippen LogP contribution is -2.49. The average molecular weight is 365 g/mol. The fraction of sp³-hybridized carbons (Fsp3) is 0.476. The molecular weight excluding hydrogens is 338 g/mol. The van der Waals surface area contributed by atoms with Gasteiger partial charge in [0.05, 0.1) is 0 Å². The molecule has 0 N–H and O–H groups in total. The van der Waals surface area contributed by atoms with E-state index < -0.39 is 0 Å². The normalized spacial score (nSPS) is 18.3. The molecule has 0 unspecified atom stereocenters. The van der Waals surface area contributed by atoms with Crippen molar-refractivity contribution < 1.29 is 4.79 Å². The smallest absolute Gasteiger partial charge is 0.253 e. The summed E-state index contributed by atoms with van der Waals surface area (Å²) in [7, 11) is 0. The number of amides is 1. The Morgan fingerprint density at radius 3 is 1.78 bits per heavy atom. The third-order valence-electron chi connectivity index (χ3n) is 5.48. The van der Waals surface area contributed by atoms with E-state index in [0.717, 1.165) is 43.4 Å². The van der Waals surface area contributed by atoms with Gasteiger partial charge in [-0.1, -0.05) is 31.0 Å². The van der Waals surface area contributed by atoms with Crippen LogP contribution in [0.5, 0.6) is 0 Å². The largest absolute Gasteiger partial charge is 0.355 e. The van der Waals surface area contributed by atoms with E-state index in [4.69, 9.17) is 0 Å². The van der Waals surface area contributed by atoms with Crippen LogP contribution in [0.3, 0.4) is 0 Å². The monoisotopic (exact) mass is 365 g/mol. The van der Waals surface area contributed by atoms with Gasteiger partial charge in [-0.15, -0.1) is 10.2 Å². The lowest BCUT2D eigenvalue weighted by atomic mass is 10.2. The Kier molecular flexibility index (Phi) is 5.51. The Balaban J connectivity index is 1.35. The second-order valence-electron chi connectivity index (χ2n) is 7.30. The zero-order valence-electron chi connectivity index (χ0n) is 15.8. The van der Waals surface area contributed by atoms with Gasteiger partial charge in [0, 0.05) is 44.8 Å². The highest BCUT2D eigenvalue weighted by Gasteiger charge is 2.23. The Morgan fingerprint density at radius 1 is 0.667 bits per heavy atom. The van der Waals surface area contributed by atoms with Gasteiger partial charge >= 0.3 is 0 Å². The number of carbonyl (C=O) groups is 1. The summed E-state index contributed by atoms with van der Waals surface area (Å²) in [6.45, 7) is 5.15. The van der Waals surface area contributed by atoms with Crippen molar-refractivity contribution in [2.75, 3.05) is 49.1 Å². The molecule has 2 fully saturated rings. The van der Waals surface area contributed by atoms with Crippen LogP contribution >= 0.6 is 0 Å². The van der Waals surface area contributed by atoms with Crippen LogP contribution < -0.4 is 9.80 Å². The molecule has 142 valence electrons. The fourth-order valence-corrected chi connectivity index (χ4v) is 3.86. The zero-order chi connectivity index (χ0) is 18.5. The molecule has 2 aliphatic rings. The SMILES string of the molecule is O=C(c1ccccc1)N1CCN(c2ccc(N3CCCCCC3)nn2)CC1. The number of anilines is 2. The van der Waals surface area contributed by atoms with Gasteiger partial charge < -0.3 is 14.7 Å². The second-order valence-corrected chi connectivity index (χ2v) is 7.30. The molecule has 1 aromatic carbocycles. The maximum absolute atomic E-state index is 12.6. The first kappa shape index (κ1) is 17.8. The lowest BCUT2D eigenvalue weighted by Gasteiger charge is -2.35. The topological polar surface area (TPSA) is 52.6 Å². The number of nitrogens with zero attached hydrogens (tertiary/aromatic N) is 5. The van der Waals surface area contributed by atoms with E-state index in [0.29, 0.717) is 13.1 Å². The van der Waals surface area contributed by atoms with Crippen LogP contribution in [-0.2, 0) is 0 Å². The lowest BCUT2D eigenvalue weighted by molar-refractivity contribution is 0.0746. The minimum absolute atomic E-state index is 0.109. The summed E-state index contributed by atoms with van der Waals surface area (Å²) in [5.74, 6) is 2.00. The van der Waals surface area contributed by atoms with Crippen molar-refractivity contribution >= 4 is 17.5 Å². The van der Waals surface area contributed by atoms with E-state index in [9.17, 15) is 4.79 Å². The highest BCUT2D eigenvalue weighted by molar-refractivity contribution is 5.94. The first-order chi connectivity index (χ1) is 13.3. The molecule has 1 aromatic heterocycles. The summed E-state index contributed by atoms with van der Waals surface area (Å²) in [4.78, 5) is 19.0. The van der Waals surface area contributed by atoms with Crippen LogP contribution in [0, 0.1) is 0 Å². The number of hydrogen-bond acceptors (Lipinski definition) is 5. The molecule has 2 saturated heterocycles. The van der Waals surface area contributed by atoms with Crippen molar-refractivity contribution in [3.05, 3.63) is 48.0 Å². The zero-order valence-corrected chi connectivity index (χ0v) is 15.8. The van der Waals surface area contributed by atoms with Gasteiger partial charge in [0.15, 0.2) is 11.6 Å². The molecule has 6 heteroatoms. The maximum Gasteiger partial charge on any atom is 0.253 e. The van der Waals surface area contributed by atoms with Gasteiger partial charge in [-0.2, -0.15) is 0 Å². The number of hydrogen-bond donors (Lipinski definition) is 0. The van der Waals surface area contributed by atoms with Crippen molar-refractivity contribution in [2.45, 2.75) is 25.7 Å². The molecule has 2 aliphatic heterocycles. The third-order valence-corrected chi connectivity index (χ3v) is 5.48. The van der Waals surface area contributed by atoms with E-state index in [1.807, 2.05) is 35.2 Å². The minimum atomic E-state index is 0.109. The van der Waals surface area contributed by atoms with Gasteiger partial charge in [0.2, 0.25) is 0 Å². The maximum atomic E-state index is 12.6. The molecule has 0 atom stereocenters. The van der Waals surface area contributed by atoms with Crippen LogP contribution in [0.15, 0.2) is 42.5 Å². The van der Waals surface area contributed by atoms with Crippen molar-refractivity contribution in [2.24, 2.45) is 0 Å². The Labute approximate surface area is 160 Å². The first-order valence-corrected chi connectivity index (χ1v) is 9.99. The Hall–Kier alpha value is -2.63. The van der Waals surface area contributed by atoms with Crippen molar-refractivity contribution in [1.29, 1.82) is 0 Å². The Bertz CT molecular complexity index is 733. The summed E-state index contributed by atoms with van der Waals surface area (Å²) in [5.41, 5.74) is 0.757. The molecule has 0 aliphatic carbocycles. The first-order valence-electron chi connectivity index (χ1n) is 9.99. The van der Waals surface area contributed by atoms with Crippen molar-refractivity contribution in [1.82, 2.24) is 15.1 Å². The van der Waals surface area contributed by atoms with Gasteiger partial charge in [-0.25, -0.2) is 0 Å². The van der Waals surface area contributed by atoms with Crippen LogP contribution in [0.1, 0.15) is 36.0 Å². The summed E-state index contributed by atoms with van der Waals surface area (Å²) in [6.07, 6.45) is 5.10. The van der Waals surface area contributed by atoms with Crippen LogP contribution in [0.4, 0.5) is 11.6 Å². The summed E-state index contributed by atoms with van der Waals surface area (Å²) >= 11 is 0. The van der Waals surface area contributed by atoms with E-state index in [2.05, 4.69) is 32.1 Å². The fourth-order valence-electron chi connectivity index (χ4n) is 3.86. The van der Waals surface area contributed by atoms with Crippen LogP contribution in [0.25, 0.3) is 0 Å². The number of benzene rings is 1. The third kappa shape index (κ3) is 4.21. The summed E-state index contributed by atoms with van der Waals surface area (Å²) in [6, 6.07) is 13.7. The summed E-state index contributed by atoms with van der Waals surface area (Å²) in [5, 5.41) is 8.94. The average Bonchev–Trinajstić information content (AvgIpc) is 3.04. The van der Waals surface area contributed by atoms with Gasteiger partial charge in [0.1, 0.15) is 0 Å². The minimum Gasteiger partial charge on any atom is -0.355 e. The van der Waals surface area contributed by atoms with Gasteiger partial charge in [-0.05, 0) is 37.1 Å². The van der Waals surface area contributed by atoms with E-state index in [-0.39, 0.29) is 5.91 Å². The highest BCUT2D eigenvalue weighted by atomic mass is 16.2.